The highest BCUT2D eigenvalue weighted by atomic mass is 32.1. The van der Waals surface area contributed by atoms with Crippen LogP contribution in [0.15, 0.2) is 133 Å². The minimum absolute atomic E-state index is 0.243. The first-order chi connectivity index (χ1) is 27.5. The number of alkyl halides is 6. The summed E-state index contributed by atoms with van der Waals surface area (Å²) < 4.78 is 104. The van der Waals surface area contributed by atoms with Gasteiger partial charge in [-0.1, -0.05) is 72.8 Å². The Balaban J connectivity index is 1.23. The Bertz CT molecular complexity index is 2910. The first-order valence-corrected chi connectivity index (χ1v) is 22.5. The maximum atomic E-state index is 16.9. The van der Waals surface area contributed by atoms with Gasteiger partial charge in [-0.2, -0.15) is 26.3 Å². The Hall–Kier alpha value is -4.56. The number of halogens is 6. The normalized spacial score (nSPS) is 16.2. The molecule has 10 aromatic rings. The van der Waals surface area contributed by atoms with Crippen molar-refractivity contribution in [1.82, 2.24) is 0 Å². The van der Waals surface area contributed by atoms with Gasteiger partial charge in [-0.05, 0) is 82.2 Å². The average molecular weight is 869 g/mol. The minimum atomic E-state index is -5.72. The zero-order valence-corrected chi connectivity index (χ0v) is 33.8. The van der Waals surface area contributed by atoms with E-state index in [0.717, 1.165) is 72.8 Å². The molecule has 0 N–H and O–H groups in total. The molecule has 0 unspecified atom stereocenters. The van der Waals surface area contributed by atoms with Crippen LogP contribution in [0.2, 0.25) is 0 Å². The van der Waals surface area contributed by atoms with Crippen LogP contribution in [-0.4, -0.2) is 17.8 Å². The van der Waals surface area contributed by atoms with Crippen LogP contribution in [0, 0.1) is 0 Å². The molecule has 280 valence electrons. The van der Waals surface area contributed by atoms with Gasteiger partial charge in [0.05, 0.1) is 9.75 Å². The molecular weight excluding hydrogens is 847 g/mol. The fraction of sp³-hybridized carbons (Fsp3) is 0.0667. The number of hydrogen-bond donors (Lipinski definition) is 0. The predicted octanol–water partition coefficient (Wildman–Crippen LogP) is 17.2. The summed E-state index contributed by atoms with van der Waals surface area (Å²) in [6, 6.07) is 40.6. The molecule has 0 radical (unpaired) electrons. The third-order valence-corrected chi connectivity index (χ3v) is 17.8. The Morgan fingerprint density at radius 3 is 0.930 bits per heavy atom. The second-order valence-corrected chi connectivity index (χ2v) is 20.2. The van der Waals surface area contributed by atoms with Crippen LogP contribution < -0.4 is 0 Å². The smallest absolute Gasteiger partial charge is 0.194 e. The molecular formula is C45H22F6S6. The number of hydrogen-bond acceptors (Lipinski definition) is 6. The van der Waals surface area contributed by atoms with E-state index < -0.39 is 28.9 Å². The largest absolute Gasteiger partial charge is 0.380 e. The Morgan fingerprint density at radius 2 is 0.596 bits per heavy atom. The van der Waals surface area contributed by atoms with Crippen LogP contribution >= 0.6 is 68.0 Å². The third kappa shape index (κ3) is 5.34. The van der Waals surface area contributed by atoms with E-state index in [-0.39, 0.29) is 20.9 Å². The van der Waals surface area contributed by atoms with E-state index in [0.29, 0.717) is 19.5 Å². The van der Waals surface area contributed by atoms with E-state index in [2.05, 4.69) is 0 Å². The third-order valence-electron chi connectivity index (χ3n) is 10.3. The van der Waals surface area contributed by atoms with Crippen LogP contribution in [0.5, 0.6) is 0 Å². The molecule has 11 rings (SSSR count). The average Bonchev–Trinajstić information content (AvgIpc) is 4.06. The van der Waals surface area contributed by atoms with Crippen molar-refractivity contribution in [3.05, 3.63) is 145 Å². The van der Waals surface area contributed by atoms with Gasteiger partial charge in [0.15, 0.2) is 0 Å². The molecule has 1 aliphatic rings. The van der Waals surface area contributed by atoms with E-state index in [9.17, 15) is 0 Å². The molecule has 0 spiro atoms. The molecule has 0 saturated heterocycles. The van der Waals surface area contributed by atoms with Crippen molar-refractivity contribution in [1.29, 1.82) is 0 Å². The lowest BCUT2D eigenvalue weighted by Gasteiger charge is -2.25. The van der Waals surface area contributed by atoms with Crippen LogP contribution in [0.4, 0.5) is 26.3 Å². The summed E-state index contributed by atoms with van der Waals surface area (Å²) in [6.45, 7) is 0. The summed E-state index contributed by atoms with van der Waals surface area (Å²) >= 11 is 7.82. The topological polar surface area (TPSA) is 0 Å². The SMILES string of the molecule is FC1(F)C(c2cc(-c3cc4ccccc4s3)sc2-c2cc3ccccc3s2)=C(c2cc(-c3cc4ccccc4s3)sc2-c2cc3ccccc3s2)C(F)(F)C1(F)F. The maximum absolute atomic E-state index is 16.9. The van der Waals surface area contributed by atoms with Gasteiger partial charge >= 0.3 is 17.8 Å². The van der Waals surface area contributed by atoms with Gasteiger partial charge in [0.2, 0.25) is 0 Å². The zero-order valence-electron chi connectivity index (χ0n) is 28.9. The molecule has 0 atom stereocenters. The molecule has 0 nitrogen and oxygen atoms in total. The van der Waals surface area contributed by atoms with Crippen molar-refractivity contribution in [3.8, 4) is 39.0 Å². The molecule has 0 fully saturated rings. The van der Waals surface area contributed by atoms with Gasteiger partial charge in [0.25, 0.3) is 0 Å². The van der Waals surface area contributed by atoms with Crippen molar-refractivity contribution in [3.63, 3.8) is 0 Å². The first-order valence-electron chi connectivity index (χ1n) is 17.6. The summed E-state index contributed by atoms with van der Waals surface area (Å²) in [4.78, 5) is 4.06. The molecule has 0 amide bonds. The van der Waals surface area contributed by atoms with E-state index in [1.165, 1.54) is 57.5 Å². The standard InChI is InChI=1S/C45H22F6S6/c46-43(47)39(27-21-35(33-17-23-9-1-5-13-29(23)52-33)56-41(27)37-19-25-11-3-7-15-31(25)54-37)40(44(48,49)45(43,50)51)28-22-36(34-18-24-10-2-6-14-30(24)53-34)57-42(28)38-20-26-12-4-8-16-32(26)55-38/h1-22H. The zero-order chi connectivity index (χ0) is 38.8. The number of thiophene rings is 6. The molecule has 6 aromatic heterocycles. The summed E-state index contributed by atoms with van der Waals surface area (Å²) in [5.41, 5.74) is -3.30. The Labute approximate surface area is 344 Å². The maximum Gasteiger partial charge on any atom is 0.380 e. The fourth-order valence-electron chi connectivity index (χ4n) is 7.59. The number of benzene rings is 4. The number of rotatable bonds is 6. The summed E-state index contributed by atoms with van der Waals surface area (Å²) in [5, 5.41) is 3.53. The highest BCUT2D eigenvalue weighted by Gasteiger charge is 2.80. The fourth-order valence-corrected chi connectivity index (χ4v) is 14.5. The lowest BCUT2D eigenvalue weighted by Crippen LogP contribution is -2.48. The van der Waals surface area contributed by atoms with E-state index in [4.69, 9.17) is 0 Å². The van der Waals surface area contributed by atoms with Gasteiger partial charge in [-0.25, -0.2) is 0 Å². The van der Waals surface area contributed by atoms with Gasteiger partial charge < -0.3 is 0 Å². The van der Waals surface area contributed by atoms with Crippen molar-refractivity contribution >= 4 is 120 Å². The van der Waals surface area contributed by atoms with Crippen molar-refractivity contribution in [2.75, 3.05) is 0 Å². The summed E-state index contributed by atoms with van der Waals surface area (Å²) in [5.74, 6) is -16.2. The minimum Gasteiger partial charge on any atom is -0.194 e. The van der Waals surface area contributed by atoms with Gasteiger partial charge in [-0.3, -0.25) is 0 Å². The molecule has 4 aromatic carbocycles. The highest BCUT2D eigenvalue weighted by Crippen LogP contribution is 2.68. The van der Waals surface area contributed by atoms with Gasteiger partial charge in [0.1, 0.15) is 0 Å². The predicted molar refractivity (Wildman–Crippen MR) is 234 cm³/mol. The van der Waals surface area contributed by atoms with Crippen molar-refractivity contribution < 1.29 is 26.3 Å². The van der Waals surface area contributed by atoms with Crippen molar-refractivity contribution in [2.24, 2.45) is 0 Å². The second kappa shape index (κ2) is 12.7. The quantitative estimate of drug-likeness (QED) is 0.146. The summed E-state index contributed by atoms with van der Waals surface area (Å²) in [7, 11) is 0. The van der Waals surface area contributed by atoms with E-state index >= 15 is 26.3 Å². The molecule has 12 heteroatoms. The molecule has 0 aliphatic heterocycles. The van der Waals surface area contributed by atoms with Crippen LogP contribution in [0.3, 0.4) is 0 Å². The number of fused-ring (bicyclic) bond motifs is 4. The van der Waals surface area contributed by atoms with Crippen LogP contribution in [0.1, 0.15) is 11.1 Å². The molecule has 1 aliphatic carbocycles. The molecule has 57 heavy (non-hydrogen) atoms. The van der Waals surface area contributed by atoms with Crippen LogP contribution in [0.25, 0.3) is 90.5 Å². The second-order valence-electron chi connectivity index (χ2n) is 13.8. The lowest BCUT2D eigenvalue weighted by atomic mass is 9.94. The van der Waals surface area contributed by atoms with Gasteiger partial charge in [0, 0.05) is 70.3 Å². The number of allylic oxidation sites excluding steroid dienone is 2. The molecule has 6 heterocycles. The molecule has 0 bridgehead atoms. The van der Waals surface area contributed by atoms with Gasteiger partial charge in [-0.15, -0.1) is 68.0 Å². The Morgan fingerprint density at radius 1 is 0.316 bits per heavy atom. The first kappa shape index (κ1) is 35.6. The lowest BCUT2D eigenvalue weighted by molar-refractivity contribution is -0.254. The van der Waals surface area contributed by atoms with Crippen LogP contribution in [-0.2, 0) is 0 Å². The highest BCUT2D eigenvalue weighted by molar-refractivity contribution is 7.31. The Kier molecular flexibility index (Phi) is 7.94. The van der Waals surface area contributed by atoms with E-state index in [1.54, 1.807) is 0 Å². The van der Waals surface area contributed by atoms with E-state index in [1.807, 2.05) is 121 Å². The monoisotopic (exact) mass is 868 g/mol. The summed E-state index contributed by atoms with van der Waals surface area (Å²) in [6.07, 6.45) is 0. The molecule has 0 saturated carbocycles. The van der Waals surface area contributed by atoms with Crippen molar-refractivity contribution in [2.45, 2.75) is 17.8 Å².